The Bertz CT molecular complexity index is 1160. The SMILES string of the molecule is CCc1ccc(N=C2NC(=O)/C(=C\c3cc4c(cc3C)N(CC)C(C)(C)C=C4C)S2)cc1. The van der Waals surface area contributed by atoms with E-state index in [0.717, 1.165) is 29.8 Å². The molecule has 4 nitrogen and oxygen atoms in total. The van der Waals surface area contributed by atoms with Gasteiger partial charge in [0, 0.05) is 17.8 Å². The van der Waals surface area contributed by atoms with Crippen LogP contribution < -0.4 is 10.2 Å². The van der Waals surface area contributed by atoms with Crippen molar-refractivity contribution in [1.82, 2.24) is 5.32 Å². The van der Waals surface area contributed by atoms with Crippen molar-refractivity contribution >= 4 is 45.9 Å². The number of aliphatic imine (C=N–C) groups is 1. The minimum atomic E-state index is -0.0976. The van der Waals surface area contributed by atoms with E-state index in [2.05, 4.69) is 87.1 Å². The molecule has 5 heteroatoms. The summed E-state index contributed by atoms with van der Waals surface area (Å²) in [5.41, 5.74) is 8.10. The molecule has 0 bridgehead atoms. The highest BCUT2D eigenvalue weighted by molar-refractivity contribution is 8.18. The van der Waals surface area contributed by atoms with Crippen molar-refractivity contribution in [1.29, 1.82) is 0 Å². The molecule has 166 valence electrons. The number of nitrogens with one attached hydrogen (secondary N) is 1. The number of likely N-dealkylation sites (N-methyl/N-ethyl adjacent to an activating group) is 1. The summed E-state index contributed by atoms with van der Waals surface area (Å²) in [5.74, 6) is -0.0976. The van der Waals surface area contributed by atoms with Gasteiger partial charge in [-0.25, -0.2) is 4.99 Å². The molecule has 0 aromatic heterocycles. The Morgan fingerprint density at radius 1 is 1.12 bits per heavy atom. The Balaban J connectivity index is 1.65. The molecule has 0 aliphatic carbocycles. The molecular weight excluding hydrogens is 414 g/mol. The summed E-state index contributed by atoms with van der Waals surface area (Å²) < 4.78 is 0. The smallest absolute Gasteiger partial charge is 0.264 e. The third-order valence-corrected chi connectivity index (χ3v) is 7.10. The molecule has 2 heterocycles. The van der Waals surface area contributed by atoms with Gasteiger partial charge in [-0.05, 0) is 105 Å². The second kappa shape index (κ2) is 8.62. The zero-order chi connectivity index (χ0) is 23.0. The van der Waals surface area contributed by atoms with Gasteiger partial charge in [-0.2, -0.15) is 0 Å². The van der Waals surface area contributed by atoms with E-state index in [9.17, 15) is 4.79 Å². The first-order valence-electron chi connectivity index (χ1n) is 11.2. The predicted octanol–water partition coefficient (Wildman–Crippen LogP) is 6.47. The Morgan fingerprint density at radius 3 is 2.50 bits per heavy atom. The molecule has 0 radical (unpaired) electrons. The summed E-state index contributed by atoms with van der Waals surface area (Å²) in [5, 5.41) is 3.53. The molecule has 0 saturated carbocycles. The number of allylic oxidation sites excluding steroid dienone is 1. The Kier molecular flexibility index (Phi) is 6.04. The lowest BCUT2D eigenvalue weighted by atomic mass is 9.87. The molecule has 32 heavy (non-hydrogen) atoms. The first-order valence-corrected chi connectivity index (χ1v) is 12.0. The number of rotatable bonds is 4. The lowest BCUT2D eigenvalue weighted by Crippen LogP contribution is -2.44. The largest absolute Gasteiger partial charge is 0.363 e. The number of amides is 1. The van der Waals surface area contributed by atoms with Crippen LogP contribution in [0.4, 0.5) is 11.4 Å². The normalized spacial score (nSPS) is 19.9. The molecule has 2 aromatic rings. The second-order valence-electron chi connectivity index (χ2n) is 8.95. The molecule has 0 spiro atoms. The first-order chi connectivity index (χ1) is 15.2. The van der Waals surface area contributed by atoms with Crippen LogP contribution in [0, 0.1) is 6.92 Å². The van der Waals surface area contributed by atoms with Crippen molar-refractivity contribution in [3.05, 3.63) is 69.6 Å². The van der Waals surface area contributed by atoms with Crippen molar-refractivity contribution in [3.63, 3.8) is 0 Å². The fourth-order valence-electron chi connectivity index (χ4n) is 4.52. The van der Waals surface area contributed by atoms with Crippen LogP contribution in [0.15, 0.2) is 52.4 Å². The number of benzene rings is 2. The average Bonchev–Trinajstić information content (AvgIpc) is 3.08. The van der Waals surface area contributed by atoms with Crippen LogP contribution in [0.5, 0.6) is 0 Å². The maximum atomic E-state index is 12.6. The van der Waals surface area contributed by atoms with Crippen LogP contribution in [-0.4, -0.2) is 23.2 Å². The molecule has 0 unspecified atom stereocenters. The van der Waals surface area contributed by atoms with Gasteiger partial charge >= 0.3 is 0 Å². The lowest BCUT2D eigenvalue weighted by molar-refractivity contribution is -0.115. The summed E-state index contributed by atoms with van der Waals surface area (Å²) >= 11 is 1.40. The number of hydrogen-bond acceptors (Lipinski definition) is 4. The second-order valence-corrected chi connectivity index (χ2v) is 9.98. The van der Waals surface area contributed by atoms with Gasteiger partial charge < -0.3 is 10.2 Å². The zero-order valence-corrected chi connectivity index (χ0v) is 20.6. The van der Waals surface area contributed by atoms with Crippen LogP contribution in [-0.2, 0) is 11.2 Å². The molecule has 4 rings (SSSR count). The van der Waals surface area contributed by atoms with Crippen LogP contribution in [0.2, 0.25) is 0 Å². The highest BCUT2D eigenvalue weighted by atomic mass is 32.2. The van der Waals surface area contributed by atoms with Crippen molar-refractivity contribution < 1.29 is 4.79 Å². The molecule has 2 aliphatic rings. The Hall–Kier alpha value is -2.79. The lowest BCUT2D eigenvalue weighted by Gasteiger charge is -2.43. The number of fused-ring (bicyclic) bond motifs is 1. The first kappa shape index (κ1) is 22.4. The van der Waals surface area contributed by atoms with Crippen molar-refractivity contribution in [2.75, 3.05) is 11.4 Å². The van der Waals surface area contributed by atoms with E-state index in [1.54, 1.807) is 0 Å². The fraction of sp³-hybridized carbons (Fsp3) is 0.333. The molecular formula is C27H31N3OS. The summed E-state index contributed by atoms with van der Waals surface area (Å²) in [4.78, 5) is 20.3. The van der Waals surface area contributed by atoms with Crippen LogP contribution in [0.3, 0.4) is 0 Å². The van der Waals surface area contributed by atoms with Crippen LogP contribution in [0.1, 0.15) is 56.9 Å². The maximum absolute atomic E-state index is 12.6. The summed E-state index contributed by atoms with van der Waals surface area (Å²) in [6.45, 7) is 14.1. The van der Waals surface area contributed by atoms with E-state index in [4.69, 9.17) is 0 Å². The van der Waals surface area contributed by atoms with Gasteiger partial charge in [-0.1, -0.05) is 25.1 Å². The third-order valence-electron chi connectivity index (χ3n) is 6.19. The van der Waals surface area contributed by atoms with Gasteiger partial charge in [0.2, 0.25) is 0 Å². The van der Waals surface area contributed by atoms with Gasteiger partial charge in [0.05, 0.1) is 16.1 Å². The average molecular weight is 446 g/mol. The standard InChI is InChI=1S/C27H31N3OS/c1-7-19-9-11-21(12-10-19)28-26-29-25(31)24(32-26)15-20-14-22-18(4)16-27(5,6)30(8-2)23(22)13-17(20)3/h9-16H,7-8H2,1-6H3,(H,28,29,31)/b24-15+. The van der Waals surface area contributed by atoms with Gasteiger partial charge in [0.25, 0.3) is 5.91 Å². The molecule has 1 saturated heterocycles. The fourth-order valence-corrected chi connectivity index (χ4v) is 5.36. The molecule has 1 amide bonds. The topological polar surface area (TPSA) is 44.7 Å². The number of anilines is 1. The summed E-state index contributed by atoms with van der Waals surface area (Å²) in [7, 11) is 0. The molecule has 1 fully saturated rings. The zero-order valence-electron chi connectivity index (χ0n) is 19.7. The van der Waals surface area contributed by atoms with E-state index < -0.39 is 0 Å². The number of aryl methyl sites for hydroxylation is 2. The molecule has 1 N–H and O–H groups in total. The number of nitrogens with zero attached hydrogens (tertiary/aromatic N) is 2. The van der Waals surface area contributed by atoms with Gasteiger partial charge in [-0.15, -0.1) is 0 Å². The van der Waals surface area contributed by atoms with Crippen molar-refractivity contribution in [2.45, 2.75) is 53.5 Å². The van der Waals surface area contributed by atoms with E-state index >= 15 is 0 Å². The predicted molar refractivity (Wildman–Crippen MR) is 139 cm³/mol. The van der Waals surface area contributed by atoms with Crippen LogP contribution >= 0.6 is 11.8 Å². The highest BCUT2D eigenvalue weighted by Gasteiger charge is 2.31. The summed E-state index contributed by atoms with van der Waals surface area (Å²) in [6, 6.07) is 12.6. The minimum Gasteiger partial charge on any atom is -0.363 e. The van der Waals surface area contributed by atoms with Crippen molar-refractivity contribution in [3.8, 4) is 0 Å². The number of hydrogen-bond donors (Lipinski definition) is 1. The monoisotopic (exact) mass is 445 g/mol. The number of carbonyl (C=O) groups is 1. The Morgan fingerprint density at radius 2 is 1.84 bits per heavy atom. The minimum absolute atomic E-state index is 0.0137. The van der Waals surface area contributed by atoms with E-state index in [1.165, 1.54) is 34.1 Å². The molecule has 2 aromatic carbocycles. The highest BCUT2D eigenvalue weighted by Crippen LogP contribution is 2.41. The quantitative estimate of drug-likeness (QED) is 0.549. The van der Waals surface area contributed by atoms with Crippen molar-refractivity contribution in [2.24, 2.45) is 4.99 Å². The number of thioether (sulfide) groups is 1. The molecule has 0 atom stereocenters. The van der Waals surface area contributed by atoms with E-state index in [0.29, 0.717) is 10.1 Å². The maximum Gasteiger partial charge on any atom is 0.264 e. The third kappa shape index (κ3) is 4.26. The molecule has 2 aliphatic heterocycles. The van der Waals surface area contributed by atoms with Gasteiger partial charge in [0.1, 0.15) is 0 Å². The number of carbonyl (C=O) groups excluding carboxylic acids is 1. The Labute approximate surface area is 195 Å². The van der Waals surface area contributed by atoms with Crippen LogP contribution in [0.25, 0.3) is 11.6 Å². The van der Waals surface area contributed by atoms with E-state index in [-0.39, 0.29) is 11.4 Å². The summed E-state index contributed by atoms with van der Waals surface area (Å²) in [6.07, 6.45) is 5.32. The van der Waals surface area contributed by atoms with Gasteiger partial charge in [0.15, 0.2) is 5.17 Å². The van der Waals surface area contributed by atoms with E-state index in [1.807, 2.05) is 18.2 Å². The number of amidine groups is 1. The van der Waals surface area contributed by atoms with Gasteiger partial charge in [-0.3, -0.25) is 4.79 Å².